The number of rotatable bonds is 5. The van der Waals surface area contributed by atoms with Crippen molar-refractivity contribution in [1.29, 1.82) is 0 Å². The largest absolute Gasteiger partial charge is 0.326 e. The molecular weight excluding hydrogens is 319 g/mol. The first-order chi connectivity index (χ1) is 10.8. The van der Waals surface area contributed by atoms with E-state index in [1.807, 2.05) is 0 Å². The van der Waals surface area contributed by atoms with Gasteiger partial charge in [-0.3, -0.25) is 9.52 Å². The molecule has 0 aromatic heterocycles. The Labute approximate surface area is 134 Å². The summed E-state index contributed by atoms with van der Waals surface area (Å²) in [6.07, 6.45) is 0. The van der Waals surface area contributed by atoms with E-state index in [9.17, 15) is 17.6 Å². The first-order valence-corrected chi connectivity index (χ1v) is 8.45. The molecule has 0 saturated carbocycles. The van der Waals surface area contributed by atoms with Crippen molar-refractivity contribution in [3.8, 4) is 0 Å². The number of anilines is 2. The highest BCUT2D eigenvalue weighted by Crippen LogP contribution is 2.19. The molecule has 0 aliphatic rings. The number of carbonyl (C=O) groups excluding carboxylic acids is 1. The number of sulfonamides is 1. The highest BCUT2D eigenvalue weighted by Gasteiger charge is 2.15. The summed E-state index contributed by atoms with van der Waals surface area (Å²) >= 11 is 0. The molecule has 23 heavy (non-hydrogen) atoms. The molecule has 1 amide bonds. The molecule has 2 rings (SSSR count). The lowest BCUT2D eigenvalue weighted by Gasteiger charge is -2.10. The van der Waals surface area contributed by atoms with Crippen molar-refractivity contribution in [3.05, 3.63) is 54.3 Å². The molecule has 2 aromatic rings. The summed E-state index contributed by atoms with van der Waals surface area (Å²) < 4.78 is 39.8. The normalized spacial score (nSPS) is 11.3. The molecule has 0 unspecified atom stereocenters. The summed E-state index contributed by atoms with van der Waals surface area (Å²) in [5, 5.41) is 2.70. The zero-order valence-corrected chi connectivity index (χ0v) is 13.5. The van der Waals surface area contributed by atoms with Crippen LogP contribution < -0.4 is 10.0 Å². The number of amides is 1. The van der Waals surface area contributed by atoms with Gasteiger partial charge in [0.05, 0.1) is 4.90 Å². The second-order valence-electron chi connectivity index (χ2n) is 5.28. The Bertz CT molecular complexity index is 802. The van der Waals surface area contributed by atoms with Crippen LogP contribution in [0.1, 0.15) is 13.8 Å². The average Bonchev–Trinajstić information content (AvgIpc) is 2.49. The Kier molecular flexibility index (Phi) is 5.00. The molecule has 0 saturated heterocycles. The molecule has 2 N–H and O–H groups in total. The molecule has 7 heteroatoms. The van der Waals surface area contributed by atoms with Gasteiger partial charge >= 0.3 is 0 Å². The minimum atomic E-state index is -3.86. The standard InChI is InChI=1S/C16H17FN2O3S/c1-11(2)16(20)18-13-6-8-14(9-7-13)19-23(21,22)15-5-3-4-12(17)10-15/h3-11,19H,1-2H3,(H,18,20). The monoisotopic (exact) mass is 336 g/mol. The van der Waals surface area contributed by atoms with Gasteiger partial charge in [0.25, 0.3) is 10.0 Å². The van der Waals surface area contributed by atoms with E-state index >= 15 is 0 Å². The fourth-order valence-electron chi connectivity index (χ4n) is 1.76. The predicted octanol–water partition coefficient (Wildman–Crippen LogP) is 3.22. The number of carbonyl (C=O) groups is 1. The fourth-order valence-corrected chi connectivity index (χ4v) is 2.85. The van der Waals surface area contributed by atoms with Crippen LogP contribution in [0.2, 0.25) is 0 Å². The number of benzene rings is 2. The smallest absolute Gasteiger partial charge is 0.261 e. The number of hydrogen-bond acceptors (Lipinski definition) is 3. The van der Waals surface area contributed by atoms with Crippen molar-refractivity contribution in [2.24, 2.45) is 5.92 Å². The minimum absolute atomic E-state index is 0.127. The SMILES string of the molecule is CC(C)C(=O)Nc1ccc(NS(=O)(=O)c2cccc(F)c2)cc1. The number of halogens is 1. The van der Waals surface area contributed by atoms with Crippen LogP contribution >= 0.6 is 0 Å². The van der Waals surface area contributed by atoms with E-state index in [-0.39, 0.29) is 16.7 Å². The third-order valence-electron chi connectivity index (χ3n) is 3.04. The topological polar surface area (TPSA) is 75.3 Å². The van der Waals surface area contributed by atoms with Crippen LogP contribution in [0.4, 0.5) is 15.8 Å². The lowest BCUT2D eigenvalue weighted by Crippen LogP contribution is -2.17. The maximum absolute atomic E-state index is 13.1. The molecule has 2 aromatic carbocycles. The van der Waals surface area contributed by atoms with Gasteiger partial charge in [-0.15, -0.1) is 0 Å². The zero-order valence-electron chi connectivity index (χ0n) is 12.7. The van der Waals surface area contributed by atoms with Crippen LogP contribution in [-0.4, -0.2) is 14.3 Å². The highest BCUT2D eigenvalue weighted by molar-refractivity contribution is 7.92. The van der Waals surface area contributed by atoms with Crippen molar-refractivity contribution in [1.82, 2.24) is 0 Å². The molecule has 0 fully saturated rings. The fraction of sp³-hybridized carbons (Fsp3) is 0.188. The lowest BCUT2D eigenvalue weighted by molar-refractivity contribution is -0.118. The van der Waals surface area contributed by atoms with E-state index in [0.717, 1.165) is 6.07 Å². The number of hydrogen-bond donors (Lipinski definition) is 2. The summed E-state index contributed by atoms with van der Waals surface area (Å²) in [6.45, 7) is 3.55. The predicted molar refractivity (Wildman–Crippen MR) is 87.1 cm³/mol. The van der Waals surface area contributed by atoms with E-state index in [2.05, 4.69) is 10.0 Å². The average molecular weight is 336 g/mol. The summed E-state index contributed by atoms with van der Waals surface area (Å²) in [5.41, 5.74) is 0.884. The first kappa shape index (κ1) is 17.0. The third kappa shape index (κ3) is 4.53. The van der Waals surface area contributed by atoms with E-state index in [4.69, 9.17) is 0 Å². The third-order valence-corrected chi connectivity index (χ3v) is 4.41. The van der Waals surface area contributed by atoms with Crippen LogP contribution in [0.15, 0.2) is 53.4 Å². The summed E-state index contributed by atoms with van der Waals surface area (Å²) in [4.78, 5) is 11.4. The van der Waals surface area contributed by atoms with Crippen molar-refractivity contribution in [2.75, 3.05) is 10.0 Å². The van der Waals surface area contributed by atoms with E-state index in [0.29, 0.717) is 11.4 Å². The Morgan fingerprint density at radius 2 is 1.65 bits per heavy atom. The molecule has 0 spiro atoms. The molecule has 0 bridgehead atoms. The Balaban J connectivity index is 2.13. The molecule has 122 valence electrons. The van der Waals surface area contributed by atoms with Gasteiger partial charge in [-0.2, -0.15) is 0 Å². The van der Waals surface area contributed by atoms with Gasteiger partial charge in [0.15, 0.2) is 0 Å². The van der Waals surface area contributed by atoms with Crippen molar-refractivity contribution < 1.29 is 17.6 Å². The molecule has 0 heterocycles. The van der Waals surface area contributed by atoms with Crippen LogP contribution in [-0.2, 0) is 14.8 Å². The summed E-state index contributed by atoms with van der Waals surface area (Å²) in [5.74, 6) is -0.904. The Morgan fingerprint density at radius 1 is 1.04 bits per heavy atom. The van der Waals surface area contributed by atoms with Crippen LogP contribution in [0.5, 0.6) is 0 Å². The minimum Gasteiger partial charge on any atom is -0.326 e. The van der Waals surface area contributed by atoms with E-state index < -0.39 is 15.8 Å². The number of nitrogens with one attached hydrogen (secondary N) is 2. The van der Waals surface area contributed by atoms with Gasteiger partial charge in [0.2, 0.25) is 5.91 Å². The molecule has 0 aliphatic carbocycles. The first-order valence-electron chi connectivity index (χ1n) is 6.97. The lowest BCUT2D eigenvalue weighted by atomic mass is 10.2. The van der Waals surface area contributed by atoms with Gasteiger partial charge in [0.1, 0.15) is 5.82 Å². The maximum atomic E-state index is 13.1. The molecule has 5 nitrogen and oxygen atoms in total. The highest BCUT2D eigenvalue weighted by atomic mass is 32.2. The van der Waals surface area contributed by atoms with Crippen molar-refractivity contribution >= 4 is 27.3 Å². The van der Waals surface area contributed by atoms with E-state index in [1.165, 1.54) is 30.3 Å². The van der Waals surface area contributed by atoms with Crippen LogP contribution in [0.25, 0.3) is 0 Å². The summed E-state index contributed by atoms with van der Waals surface area (Å²) in [7, 11) is -3.86. The van der Waals surface area contributed by atoms with Gasteiger partial charge in [0, 0.05) is 17.3 Å². The van der Waals surface area contributed by atoms with Crippen molar-refractivity contribution in [2.45, 2.75) is 18.7 Å². The van der Waals surface area contributed by atoms with Crippen molar-refractivity contribution in [3.63, 3.8) is 0 Å². The zero-order chi connectivity index (χ0) is 17.0. The van der Waals surface area contributed by atoms with Gasteiger partial charge in [-0.1, -0.05) is 19.9 Å². The van der Waals surface area contributed by atoms with Crippen LogP contribution in [0, 0.1) is 11.7 Å². The van der Waals surface area contributed by atoms with Gasteiger partial charge < -0.3 is 5.32 Å². The molecule has 0 aliphatic heterocycles. The second kappa shape index (κ2) is 6.78. The van der Waals surface area contributed by atoms with Gasteiger partial charge in [-0.05, 0) is 42.5 Å². The Hall–Kier alpha value is -2.41. The van der Waals surface area contributed by atoms with Crippen LogP contribution in [0.3, 0.4) is 0 Å². The maximum Gasteiger partial charge on any atom is 0.261 e. The van der Waals surface area contributed by atoms with Gasteiger partial charge in [-0.25, -0.2) is 12.8 Å². The van der Waals surface area contributed by atoms with E-state index in [1.54, 1.807) is 26.0 Å². The Morgan fingerprint density at radius 3 is 2.22 bits per heavy atom. The summed E-state index contributed by atoms with van der Waals surface area (Å²) in [6, 6.07) is 11.0. The molecule has 0 radical (unpaired) electrons. The second-order valence-corrected chi connectivity index (χ2v) is 6.97. The molecular formula is C16H17FN2O3S. The molecule has 0 atom stereocenters. The quantitative estimate of drug-likeness (QED) is 0.880.